The molecule has 0 bridgehead atoms. The average molecular weight is 187 g/mol. The van der Waals surface area contributed by atoms with Crippen molar-refractivity contribution in [3.63, 3.8) is 0 Å². The van der Waals surface area contributed by atoms with Gasteiger partial charge in [-0.3, -0.25) is 0 Å². The van der Waals surface area contributed by atoms with Crippen LogP contribution in [0.25, 0.3) is 0 Å². The summed E-state index contributed by atoms with van der Waals surface area (Å²) in [6, 6.07) is 0.345. The molecule has 1 N–H and O–H groups in total. The minimum Gasteiger partial charge on any atom is -0.388 e. The van der Waals surface area contributed by atoms with E-state index in [0.29, 0.717) is 11.9 Å². The van der Waals surface area contributed by atoms with Crippen molar-refractivity contribution >= 4 is 11.8 Å². The lowest BCUT2D eigenvalue weighted by Crippen LogP contribution is -2.10. The van der Waals surface area contributed by atoms with E-state index in [1.54, 1.807) is 18.1 Å². The first-order valence-electron chi connectivity index (χ1n) is 3.77. The second kappa shape index (κ2) is 4.47. The highest BCUT2D eigenvalue weighted by atomic mass is 32.2. The molecule has 0 saturated carbocycles. The van der Waals surface area contributed by atoms with Crippen LogP contribution in [0, 0.1) is 0 Å². The second-order valence-electron chi connectivity index (χ2n) is 2.62. The zero-order valence-corrected chi connectivity index (χ0v) is 8.08. The minimum atomic E-state index is -0.0429. The van der Waals surface area contributed by atoms with Crippen molar-refractivity contribution in [3.8, 4) is 0 Å². The van der Waals surface area contributed by atoms with Crippen molar-refractivity contribution < 1.29 is 5.11 Å². The molecule has 0 spiro atoms. The van der Waals surface area contributed by atoms with Gasteiger partial charge in [-0.15, -0.1) is 10.2 Å². The third-order valence-electron chi connectivity index (χ3n) is 1.67. The van der Waals surface area contributed by atoms with Gasteiger partial charge in [0.2, 0.25) is 0 Å². The van der Waals surface area contributed by atoms with Crippen molar-refractivity contribution in [1.29, 1.82) is 0 Å². The van der Waals surface area contributed by atoms with Crippen LogP contribution in [0.1, 0.15) is 18.8 Å². The van der Waals surface area contributed by atoms with Crippen LogP contribution in [0.5, 0.6) is 0 Å². The summed E-state index contributed by atoms with van der Waals surface area (Å²) in [4.78, 5) is 0. The molecular weight excluding hydrogens is 174 g/mol. The molecule has 1 heterocycles. The predicted molar refractivity (Wildman–Crippen MR) is 49.0 cm³/mol. The van der Waals surface area contributed by atoms with Crippen molar-refractivity contribution in [1.82, 2.24) is 14.8 Å². The van der Waals surface area contributed by atoms with Crippen molar-refractivity contribution in [2.45, 2.75) is 19.6 Å². The Morgan fingerprint density at radius 2 is 2.50 bits per heavy atom. The maximum atomic E-state index is 8.89. The highest BCUT2D eigenvalue weighted by Gasteiger charge is 2.08. The molecule has 68 valence electrons. The van der Waals surface area contributed by atoms with E-state index in [-0.39, 0.29) is 6.61 Å². The molecule has 0 saturated heterocycles. The van der Waals surface area contributed by atoms with E-state index in [4.69, 9.17) is 5.11 Å². The predicted octanol–water partition coefficient (Wildman–Crippen LogP) is 0.694. The standard InChI is InChI=1S/C7H13N3OS/c1-6(4-12-2)10-5-8-9-7(10)3-11/h5-6,11H,3-4H2,1-2H3. The van der Waals surface area contributed by atoms with Crippen molar-refractivity contribution in [3.05, 3.63) is 12.2 Å². The van der Waals surface area contributed by atoms with E-state index in [1.807, 2.05) is 4.57 Å². The van der Waals surface area contributed by atoms with Gasteiger partial charge in [-0.05, 0) is 13.2 Å². The van der Waals surface area contributed by atoms with Gasteiger partial charge in [-0.25, -0.2) is 0 Å². The molecule has 12 heavy (non-hydrogen) atoms. The molecule has 0 aliphatic rings. The fourth-order valence-electron chi connectivity index (χ4n) is 1.07. The molecule has 1 rings (SSSR count). The SMILES string of the molecule is CSCC(C)n1cnnc1CO. The Bertz CT molecular complexity index is 238. The van der Waals surface area contributed by atoms with E-state index < -0.39 is 0 Å². The Kier molecular flexibility index (Phi) is 3.55. The van der Waals surface area contributed by atoms with Gasteiger partial charge >= 0.3 is 0 Å². The summed E-state index contributed by atoms with van der Waals surface area (Å²) in [6.45, 7) is 2.04. The van der Waals surface area contributed by atoms with Crippen molar-refractivity contribution in [2.75, 3.05) is 12.0 Å². The number of rotatable bonds is 4. The van der Waals surface area contributed by atoms with Gasteiger partial charge in [0.25, 0.3) is 0 Å². The fraction of sp³-hybridized carbons (Fsp3) is 0.714. The van der Waals surface area contributed by atoms with Gasteiger partial charge < -0.3 is 9.67 Å². The number of aromatic nitrogens is 3. The quantitative estimate of drug-likeness (QED) is 0.753. The largest absolute Gasteiger partial charge is 0.388 e. The van der Waals surface area contributed by atoms with Crippen LogP contribution in [-0.2, 0) is 6.61 Å². The molecular formula is C7H13N3OS. The molecule has 1 aromatic rings. The maximum Gasteiger partial charge on any atom is 0.158 e. The molecule has 1 atom stereocenters. The van der Waals surface area contributed by atoms with E-state index in [2.05, 4.69) is 23.4 Å². The number of nitrogens with zero attached hydrogens (tertiary/aromatic N) is 3. The Morgan fingerprint density at radius 1 is 1.75 bits per heavy atom. The zero-order chi connectivity index (χ0) is 8.97. The van der Waals surface area contributed by atoms with E-state index in [1.165, 1.54) is 0 Å². The Morgan fingerprint density at radius 3 is 3.08 bits per heavy atom. The lowest BCUT2D eigenvalue weighted by atomic mass is 10.4. The van der Waals surface area contributed by atoms with Gasteiger partial charge in [0.15, 0.2) is 5.82 Å². The zero-order valence-electron chi connectivity index (χ0n) is 7.27. The molecule has 0 aliphatic carbocycles. The number of hydrogen-bond donors (Lipinski definition) is 1. The third-order valence-corrected chi connectivity index (χ3v) is 2.49. The topological polar surface area (TPSA) is 50.9 Å². The summed E-state index contributed by atoms with van der Waals surface area (Å²) in [7, 11) is 0. The first-order chi connectivity index (χ1) is 5.79. The van der Waals surface area contributed by atoms with Crippen LogP contribution < -0.4 is 0 Å². The molecule has 1 aromatic heterocycles. The molecule has 0 aromatic carbocycles. The average Bonchev–Trinajstić information content (AvgIpc) is 2.51. The molecule has 0 aliphatic heterocycles. The molecule has 1 unspecified atom stereocenters. The number of hydrogen-bond acceptors (Lipinski definition) is 4. The van der Waals surface area contributed by atoms with E-state index in [0.717, 1.165) is 5.75 Å². The molecule has 5 heteroatoms. The maximum absolute atomic E-state index is 8.89. The summed E-state index contributed by atoms with van der Waals surface area (Å²) in [5.74, 6) is 1.64. The van der Waals surface area contributed by atoms with E-state index >= 15 is 0 Å². The molecule has 0 amide bonds. The summed E-state index contributed by atoms with van der Waals surface area (Å²) in [5.41, 5.74) is 0. The minimum absolute atomic E-state index is 0.0429. The molecule has 0 radical (unpaired) electrons. The van der Waals surface area contributed by atoms with Gasteiger partial charge in [0.05, 0.1) is 0 Å². The fourth-order valence-corrected chi connectivity index (χ4v) is 1.71. The second-order valence-corrected chi connectivity index (χ2v) is 3.53. The van der Waals surface area contributed by atoms with Crippen molar-refractivity contribution in [2.24, 2.45) is 0 Å². The smallest absolute Gasteiger partial charge is 0.158 e. The first-order valence-corrected chi connectivity index (χ1v) is 5.17. The van der Waals surface area contributed by atoms with Gasteiger partial charge in [0, 0.05) is 11.8 Å². The highest BCUT2D eigenvalue weighted by molar-refractivity contribution is 7.98. The van der Waals surface area contributed by atoms with Crippen LogP contribution >= 0.6 is 11.8 Å². The van der Waals surface area contributed by atoms with Crippen LogP contribution in [-0.4, -0.2) is 31.9 Å². The number of aliphatic hydroxyl groups is 1. The first kappa shape index (κ1) is 9.54. The Hall–Kier alpha value is -0.550. The Labute approximate surface area is 76.0 Å². The normalized spacial score (nSPS) is 13.2. The summed E-state index contributed by atoms with van der Waals surface area (Å²) in [5, 5.41) is 16.4. The van der Waals surface area contributed by atoms with Crippen LogP contribution in [0.4, 0.5) is 0 Å². The highest BCUT2D eigenvalue weighted by Crippen LogP contribution is 2.12. The lowest BCUT2D eigenvalue weighted by molar-refractivity contribution is 0.262. The lowest BCUT2D eigenvalue weighted by Gasteiger charge is -2.12. The van der Waals surface area contributed by atoms with Crippen LogP contribution in [0.15, 0.2) is 6.33 Å². The van der Waals surface area contributed by atoms with Gasteiger partial charge in [-0.2, -0.15) is 11.8 Å². The molecule has 0 fully saturated rings. The number of thioether (sulfide) groups is 1. The molecule has 4 nitrogen and oxygen atoms in total. The van der Waals surface area contributed by atoms with Crippen LogP contribution in [0.3, 0.4) is 0 Å². The van der Waals surface area contributed by atoms with Gasteiger partial charge in [0.1, 0.15) is 12.9 Å². The van der Waals surface area contributed by atoms with E-state index in [9.17, 15) is 0 Å². The third kappa shape index (κ3) is 1.98. The summed E-state index contributed by atoms with van der Waals surface area (Å²) in [6.07, 6.45) is 3.71. The Balaban J connectivity index is 2.71. The monoisotopic (exact) mass is 187 g/mol. The summed E-state index contributed by atoms with van der Waals surface area (Å²) >= 11 is 1.77. The van der Waals surface area contributed by atoms with Gasteiger partial charge in [-0.1, -0.05) is 0 Å². The summed E-state index contributed by atoms with van der Waals surface area (Å²) < 4.78 is 1.90. The van der Waals surface area contributed by atoms with Crippen LogP contribution in [0.2, 0.25) is 0 Å². The number of aliphatic hydroxyl groups excluding tert-OH is 1.